The van der Waals surface area contributed by atoms with Crippen LogP contribution in [0.4, 0.5) is 4.79 Å². The van der Waals surface area contributed by atoms with Crippen LogP contribution >= 0.6 is 0 Å². The lowest BCUT2D eigenvalue weighted by atomic mass is 10.0. The van der Waals surface area contributed by atoms with Crippen molar-refractivity contribution in [3.63, 3.8) is 0 Å². The third-order valence-corrected chi connectivity index (χ3v) is 3.68. The summed E-state index contributed by atoms with van der Waals surface area (Å²) in [7, 11) is 0. The van der Waals surface area contributed by atoms with Crippen molar-refractivity contribution in [2.75, 3.05) is 19.8 Å². The van der Waals surface area contributed by atoms with Crippen LogP contribution in [-0.2, 0) is 0 Å². The molecule has 0 radical (unpaired) electrons. The first-order chi connectivity index (χ1) is 12.1. The number of para-hydroxylation sites is 1. The van der Waals surface area contributed by atoms with Crippen LogP contribution in [0.1, 0.15) is 31.0 Å². The molecule has 5 nitrogen and oxygen atoms in total. The number of hydrogen-bond donors (Lipinski definition) is 2. The molecule has 134 valence electrons. The van der Waals surface area contributed by atoms with Crippen LogP contribution in [-0.4, -0.2) is 25.8 Å². The van der Waals surface area contributed by atoms with Gasteiger partial charge in [0.2, 0.25) is 0 Å². The summed E-state index contributed by atoms with van der Waals surface area (Å²) in [6.07, 6.45) is 0. The number of rotatable bonds is 8. The van der Waals surface area contributed by atoms with Crippen molar-refractivity contribution in [2.45, 2.75) is 26.8 Å². The van der Waals surface area contributed by atoms with Gasteiger partial charge in [0, 0.05) is 5.56 Å². The Hall–Kier alpha value is -2.69. The zero-order valence-corrected chi connectivity index (χ0v) is 15.0. The third-order valence-electron chi connectivity index (χ3n) is 3.68. The van der Waals surface area contributed by atoms with E-state index in [9.17, 15) is 4.79 Å². The number of urea groups is 1. The van der Waals surface area contributed by atoms with E-state index in [1.807, 2.05) is 69.3 Å². The van der Waals surface area contributed by atoms with Crippen molar-refractivity contribution >= 4 is 6.03 Å². The molecule has 2 amide bonds. The molecule has 5 heteroatoms. The Balaban J connectivity index is 1.81. The predicted octanol–water partition coefficient (Wildman–Crippen LogP) is 3.83. The molecule has 0 saturated heterocycles. The molecular formula is C20H26N2O3. The van der Waals surface area contributed by atoms with Crippen LogP contribution in [0.15, 0.2) is 48.5 Å². The van der Waals surface area contributed by atoms with Gasteiger partial charge in [0.15, 0.2) is 0 Å². The van der Waals surface area contributed by atoms with Crippen LogP contribution in [0, 0.1) is 6.92 Å². The second kappa shape index (κ2) is 9.57. The molecule has 2 aromatic rings. The molecule has 2 aromatic carbocycles. The van der Waals surface area contributed by atoms with E-state index in [2.05, 4.69) is 10.6 Å². The third kappa shape index (κ3) is 6.03. The minimum atomic E-state index is -0.229. The first-order valence-corrected chi connectivity index (χ1v) is 8.55. The van der Waals surface area contributed by atoms with E-state index < -0.39 is 0 Å². The maximum atomic E-state index is 12.1. The molecule has 2 N–H and O–H groups in total. The average molecular weight is 342 g/mol. The van der Waals surface area contributed by atoms with E-state index in [1.54, 1.807) is 0 Å². The summed E-state index contributed by atoms with van der Waals surface area (Å²) in [5.74, 6) is 1.59. The van der Waals surface area contributed by atoms with Crippen molar-refractivity contribution in [2.24, 2.45) is 0 Å². The van der Waals surface area contributed by atoms with Gasteiger partial charge in [-0.1, -0.05) is 35.9 Å². The van der Waals surface area contributed by atoms with Gasteiger partial charge in [-0.15, -0.1) is 0 Å². The van der Waals surface area contributed by atoms with Crippen LogP contribution in [0.25, 0.3) is 0 Å². The Labute approximate surface area is 149 Å². The van der Waals surface area contributed by atoms with E-state index in [0.717, 1.165) is 22.6 Å². The Morgan fingerprint density at radius 1 is 1.12 bits per heavy atom. The fourth-order valence-corrected chi connectivity index (χ4v) is 2.47. The molecule has 0 aliphatic heterocycles. The number of carbonyl (C=O) groups excluding carboxylic acids is 1. The van der Waals surface area contributed by atoms with Crippen LogP contribution in [0.2, 0.25) is 0 Å². The Bertz CT molecular complexity index is 674. The highest BCUT2D eigenvalue weighted by Crippen LogP contribution is 2.26. The van der Waals surface area contributed by atoms with Crippen LogP contribution in [0.3, 0.4) is 0 Å². The van der Waals surface area contributed by atoms with Crippen LogP contribution in [0.5, 0.6) is 11.5 Å². The topological polar surface area (TPSA) is 59.6 Å². The number of ether oxygens (including phenoxy) is 2. The summed E-state index contributed by atoms with van der Waals surface area (Å²) >= 11 is 0. The van der Waals surface area contributed by atoms with Gasteiger partial charge in [-0.05, 0) is 39.0 Å². The number of nitrogens with one attached hydrogen (secondary N) is 2. The summed E-state index contributed by atoms with van der Waals surface area (Å²) in [5, 5.41) is 5.74. The zero-order chi connectivity index (χ0) is 18.1. The fourth-order valence-electron chi connectivity index (χ4n) is 2.47. The highest BCUT2D eigenvalue weighted by molar-refractivity contribution is 5.74. The number of carbonyl (C=O) groups is 1. The summed E-state index contributed by atoms with van der Waals surface area (Å²) in [4.78, 5) is 12.1. The number of hydrogen-bond acceptors (Lipinski definition) is 3. The van der Waals surface area contributed by atoms with E-state index in [4.69, 9.17) is 9.47 Å². The summed E-state index contributed by atoms with van der Waals surface area (Å²) in [5.41, 5.74) is 2.10. The highest BCUT2D eigenvalue weighted by Gasteiger charge is 2.14. The number of aryl methyl sites for hydroxylation is 1. The van der Waals surface area contributed by atoms with Crippen LogP contribution < -0.4 is 20.1 Å². The molecule has 0 aliphatic carbocycles. The lowest BCUT2D eigenvalue weighted by Crippen LogP contribution is -2.39. The largest absolute Gasteiger partial charge is 0.494 e. The van der Waals surface area contributed by atoms with Gasteiger partial charge in [-0.25, -0.2) is 4.79 Å². The van der Waals surface area contributed by atoms with E-state index in [1.165, 1.54) is 0 Å². The Kier molecular flexibility index (Phi) is 7.14. The molecule has 0 bridgehead atoms. The normalized spacial score (nSPS) is 11.5. The fraction of sp³-hybridized carbons (Fsp3) is 0.350. The number of amides is 2. The predicted molar refractivity (Wildman–Crippen MR) is 99.2 cm³/mol. The Morgan fingerprint density at radius 2 is 1.88 bits per heavy atom. The van der Waals surface area contributed by atoms with E-state index >= 15 is 0 Å². The lowest BCUT2D eigenvalue weighted by Gasteiger charge is -2.19. The Morgan fingerprint density at radius 3 is 2.60 bits per heavy atom. The quantitative estimate of drug-likeness (QED) is 0.717. The average Bonchev–Trinajstić information content (AvgIpc) is 2.61. The molecule has 1 unspecified atom stereocenters. The van der Waals surface area contributed by atoms with Gasteiger partial charge in [0.1, 0.15) is 18.1 Å². The maximum Gasteiger partial charge on any atom is 0.315 e. The van der Waals surface area contributed by atoms with Gasteiger partial charge in [0.25, 0.3) is 0 Å². The van der Waals surface area contributed by atoms with Gasteiger partial charge >= 0.3 is 6.03 Å². The molecule has 0 aliphatic rings. The maximum absolute atomic E-state index is 12.1. The van der Waals surface area contributed by atoms with Gasteiger partial charge in [-0.3, -0.25) is 0 Å². The summed E-state index contributed by atoms with van der Waals surface area (Å²) in [6.45, 7) is 7.34. The molecule has 0 saturated carbocycles. The SMILES string of the molecule is CCOc1ccc(C)cc1C(C)NC(=O)NCCOc1ccccc1. The van der Waals surface area contributed by atoms with Gasteiger partial charge in [0.05, 0.1) is 19.2 Å². The first-order valence-electron chi connectivity index (χ1n) is 8.55. The summed E-state index contributed by atoms with van der Waals surface area (Å²) in [6, 6.07) is 15.1. The molecule has 0 spiro atoms. The van der Waals surface area contributed by atoms with Crippen molar-refractivity contribution < 1.29 is 14.3 Å². The second-order valence-electron chi connectivity index (χ2n) is 5.76. The van der Waals surface area contributed by atoms with Crippen molar-refractivity contribution in [1.82, 2.24) is 10.6 Å². The molecule has 0 fully saturated rings. The minimum Gasteiger partial charge on any atom is -0.494 e. The molecule has 2 rings (SSSR count). The van der Waals surface area contributed by atoms with Gasteiger partial charge in [-0.2, -0.15) is 0 Å². The highest BCUT2D eigenvalue weighted by atomic mass is 16.5. The van der Waals surface area contributed by atoms with Crippen molar-refractivity contribution in [3.8, 4) is 11.5 Å². The van der Waals surface area contributed by atoms with Gasteiger partial charge < -0.3 is 20.1 Å². The lowest BCUT2D eigenvalue weighted by molar-refractivity contribution is 0.233. The molecule has 0 aromatic heterocycles. The molecule has 1 atom stereocenters. The summed E-state index contributed by atoms with van der Waals surface area (Å²) < 4.78 is 11.2. The van der Waals surface area contributed by atoms with E-state index in [0.29, 0.717) is 19.8 Å². The van der Waals surface area contributed by atoms with Crippen molar-refractivity contribution in [3.05, 3.63) is 59.7 Å². The first kappa shape index (κ1) is 18.6. The smallest absolute Gasteiger partial charge is 0.315 e. The molecule has 0 heterocycles. The second-order valence-corrected chi connectivity index (χ2v) is 5.76. The number of benzene rings is 2. The monoisotopic (exact) mass is 342 g/mol. The van der Waals surface area contributed by atoms with E-state index in [-0.39, 0.29) is 12.1 Å². The van der Waals surface area contributed by atoms with Crippen molar-refractivity contribution in [1.29, 1.82) is 0 Å². The zero-order valence-electron chi connectivity index (χ0n) is 15.0. The standard InChI is InChI=1S/C20H26N2O3/c1-4-24-19-11-10-15(2)14-18(19)16(3)22-20(23)21-12-13-25-17-8-6-5-7-9-17/h5-11,14,16H,4,12-13H2,1-3H3,(H2,21,22,23). The molecule has 25 heavy (non-hydrogen) atoms. The molecular weight excluding hydrogens is 316 g/mol. The minimum absolute atomic E-state index is 0.156.